The molecule has 0 aliphatic heterocycles. The molecule has 1 amide bonds. The number of nitrogens with zero attached hydrogens (tertiary/aromatic N) is 1. The maximum atomic E-state index is 12.1. The van der Waals surface area contributed by atoms with Crippen LogP contribution in [-0.4, -0.2) is 37.0 Å². The highest BCUT2D eigenvalue weighted by molar-refractivity contribution is 5.89. The van der Waals surface area contributed by atoms with Crippen molar-refractivity contribution in [2.75, 3.05) is 20.2 Å². The first-order chi connectivity index (χ1) is 12.6. The van der Waals surface area contributed by atoms with E-state index in [9.17, 15) is 9.59 Å². The van der Waals surface area contributed by atoms with E-state index in [1.54, 1.807) is 36.2 Å². The van der Waals surface area contributed by atoms with Gasteiger partial charge in [0.25, 0.3) is 0 Å². The fourth-order valence-electron chi connectivity index (χ4n) is 2.84. The quantitative estimate of drug-likeness (QED) is 0.337. The van der Waals surface area contributed by atoms with Crippen molar-refractivity contribution in [1.82, 2.24) is 4.90 Å². The van der Waals surface area contributed by atoms with E-state index in [1.165, 1.54) is 44.9 Å². The van der Waals surface area contributed by atoms with Crippen molar-refractivity contribution in [3.63, 3.8) is 0 Å². The maximum absolute atomic E-state index is 12.1. The molecule has 0 heterocycles. The number of carbonyl (C=O) groups is 2. The van der Waals surface area contributed by atoms with E-state index in [4.69, 9.17) is 4.74 Å². The van der Waals surface area contributed by atoms with Gasteiger partial charge in [0.2, 0.25) is 5.91 Å². The number of hydrogen-bond donors (Lipinski definition) is 0. The molecule has 0 bridgehead atoms. The summed E-state index contributed by atoms with van der Waals surface area (Å²) in [5, 5.41) is 0. The van der Waals surface area contributed by atoms with E-state index in [1.807, 2.05) is 6.07 Å². The molecule has 1 aromatic carbocycles. The minimum atomic E-state index is -0.342. The SMILES string of the molecule is CCCCCCCCCCCC(=O)N(C)CCOC(=O)c1ccccc1. The third-order valence-corrected chi connectivity index (χ3v) is 4.59. The minimum absolute atomic E-state index is 0.128. The molecular formula is C22H35NO3. The molecule has 1 aromatic rings. The van der Waals surface area contributed by atoms with Gasteiger partial charge in [0, 0.05) is 13.5 Å². The highest BCUT2D eigenvalue weighted by Crippen LogP contribution is 2.11. The largest absolute Gasteiger partial charge is 0.460 e. The molecule has 26 heavy (non-hydrogen) atoms. The lowest BCUT2D eigenvalue weighted by Crippen LogP contribution is -2.30. The molecule has 0 radical (unpaired) electrons. The van der Waals surface area contributed by atoms with Crippen molar-refractivity contribution in [1.29, 1.82) is 0 Å². The zero-order chi connectivity index (χ0) is 19.0. The third kappa shape index (κ3) is 10.2. The van der Waals surface area contributed by atoms with Crippen molar-refractivity contribution < 1.29 is 14.3 Å². The Bertz CT molecular complexity index is 501. The van der Waals surface area contributed by atoms with Gasteiger partial charge in [-0.05, 0) is 18.6 Å². The second-order valence-electron chi connectivity index (χ2n) is 6.90. The second kappa shape index (κ2) is 14.3. The molecule has 0 atom stereocenters. The van der Waals surface area contributed by atoms with Crippen LogP contribution in [-0.2, 0) is 9.53 Å². The van der Waals surface area contributed by atoms with Crippen molar-refractivity contribution in [2.45, 2.75) is 71.1 Å². The van der Waals surface area contributed by atoms with Crippen molar-refractivity contribution in [3.8, 4) is 0 Å². The minimum Gasteiger partial charge on any atom is -0.460 e. The first-order valence-electron chi connectivity index (χ1n) is 10.1. The number of amides is 1. The van der Waals surface area contributed by atoms with Crippen LogP contribution in [0.15, 0.2) is 30.3 Å². The van der Waals surface area contributed by atoms with Crippen LogP contribution in [0.2, 0.25) is 0 Å². The number of carbonyl (C=O) groups excluding carboxylic acids is 2. The van der Waals surface area contributed by atoms with Crippen LogP contribution in [0.4, 0.5) is 0 Å². The summed E-state index contributed by atoms with van der Waals surface area (Å²) < 4.78 is 5.21. The van der Waals surface area contributed by atoms with Gasteiger partial charge in [0.1, 0.15) is 6.61 Å². The van der Waals surface area contributed by atoms with Crippen LogP contribution in [0.3, 0.4) is 0 Å². The van der Waals surface area contributed by atoms with E-state index in [-0.39, 0.29) is 18.5 Å². The van der Waals surface area contributed by atoms with E-state index in [0.29, 0.717) is 18.5 Å². The Hall–Kier alpha value is -1.84. The molecule has 0 fully saturated rings. The molecule has 0 aliphatic carbocycles. The van der Waals surface area contributed by atoms with Crippen LogP contribution < -0.4 is 0 Å². The van der Waals surface area contributed by atoms with Crippen LogP contribution in [0.1, 0.15) is 81.5 Å². The zero-order valence-electron chi connectivity index (χ0n) is 16.5. The summed E-state index contributed by atoms with van der Waals surface area (Å²) in [6.07, 6.45) is 11.8. The highest BCUT2D eigenvalue weighted by atomic mass is 16.5. The van der Waals surface area contributed by atoms with E-state index < -0.39 is 0 Å². The summed E-state index contributed by atoms with van der Waals surface area (Å²) in [7, 11) is 1.77. The van der Waals surface area contributed by atoms with Gasteiger partial charge in [-0.2, -0.15) is 0 Å². The highest BCUT2D eigenvalue weighted by Gasteiger charge is 2.10. The van der Waals surface area contributed by atoms with Crippen LogP contribution in [0, 0.1) is 0 Å². The fraction of sp³-hybridized carbons (Fsp3) is 0.636. The molecule has 0 N–H and O–H groups in total. The lowest BCUT2D eigenvalue weighted by atomic mass is 10.1. The Morgan fingerprint density at radius 3 is 2.08 bits per heavy atom. The normalized spacial score (nSPS) is 10.5. The molecule has 4 nitrogen and oxygen atoms in total. The zero-order valence-corrected chi connectivity index (χ0v) is 16.5. The number of benzene rings is 1. The topological polar surface area (TPSA) is 46.6 Å². The van der Waals surface area contributed by atoms with Gasteiger partial charge in [0.05, 0.1) is 12.1 Å². The summed E-state index contributed by atoms with van der Waals surface area (Å²) in [4.78, 5) is 25.6. The Labute approximate surface area is 158 Å². The van der Waals surface area contributed by atoms with Crippen LogP contribution in [0.25, 0.3) is 0 Å². The maximum Gasteiger partial charge on any atom is 0.338 e. The van der Waals surface area contributed by atoms with E-state index in [2.05, 4.69) is 6.92 Å². The Kier molecular flexibility index (Phi) is 12.2. The number of rotatable bonds is 14. The molecule has 4 heteroatoms. The second-order valence-corrected chi connectivity index (χ2v) is 6.90. The Morgan fingerprint density at radius 2 is 1.46 bits per heavy atom. The van der Waals surface area contributed by atoms with Gasteiger partial charge >= 0.3 is 5.97 Å². The number of ether oxygens (including phenoxy) is 1. The predicted octanol–water partition coefficient (Wildman–Crippen LogP) is 5.22. The van der Waals surface area contributed by atoms with Crippen molar-refractivity contribution in [3.05, 3.63) is 35.9 Å². The van der Waals surface area contributed by atoms with E-state index >= 15 is 0 Å². The smallest absolute Gasteiger partial charge is 0.338 e. The van der Waals surface area contributed by atoms with Gasteiger partial charge in [-0.25, -0.2) is 4.79 Å². The molecular weight excluding hydrogens is 326 g/mol. The van der Waals surface area contributed by atoms with Gasteiger partial charge in [-0.3, -0.25) is 4.79 Å². The number of unbranched alkanes of at least 4 members (excludes halogenated alkanes) is 8. The summed E-state index contributed by atoms with van der Waals surface area (Å²) in [6.45, 7) is 2.91. The lowest BCUT2D eigenvalue weighted by molar-refractivity contribution is -0.130. The predicted molar refractivity (Wildman–Crippen MR) is 106 cm³/mol. The van der Waals surface area contributed by atoms with Crippen molar-refractivity contribution >= 4 is 11.9 Å². The standard InChI is InChI=1S/C22H35NO3/c1-3-4-5-6-7-8-9-10-14-17-21(24)23(2)18-19-26-22(25)20-15-12-11-13-16-20/h11-13,15-16H,3-10,14,17-19H2,1-2H3. The lowest BCUT2D eigenvalue weighted by Gasteiger charge is -2.17. The average Bonchev–Trinajstić information content (AvgIpc) is 2.67. The number of hydrogen-bond acceptors (Lipinski definition) is 3. The summed E-state index contributed by atoms with van der Waals surface area (Å²) in [5.74, 6) is -0.214. The molecule has 146 valence electrons. The first-order valence-corrected chi connectivity index (χ1v) is 10.1. The van der Waals surface area contributed by atoms with Crippen LogP contribution >= 0.6 is 0 Å². The molecule has 0 unspecified atom stereocenters. The molecule has 1 rings (SSSR count). The first kappa shape index (κ1) is 22.2. The molecule has 0 aliphatic rings. The fourth-order valence-corrected chi connectivity index (χ4v) is 2.84. The van der Waals surface area contributed by atoms with Gasteiger partial charge < -0.3 is 9.64 Å². The van der Waals surface area contributed by atoms with Gasteiger partial charge in [-0.1, -0.05) is 76.5 Å². The van der Waals surface area contributed by atoms with Gasteiger partial charge in [-0.15, -0.1) is 0 Å². The van der Waals surface area contributed by atoms with E-state index in [0.717, 1.165) is 12.8 Å². The van der Waals surface area contributed by atoms with Crippen LogP contribution in [0.5, 0.6) is 0 Å². The molecule has 0 aromatic heterocycles. The summed E-state index contributed by atoms with van der Waals surface area (Å²) >= 11 is 0. The molecule has 0 saturated carbocycles. The molecule has 0 spiro atoms. The monoisotopic (exact) mass is 361 g/mol. The third-order valence-electron chi connectivity index (χ3n) is 4.59. The summed E-state index contributed by atoms with van der Waals surface area (Å²) in [6, 6.07) is 8.91. The Balaban J connectivity index is 2.02. The average molecular weight is 362 g/mol. The van der Waals surface area contributed by atoms with Crippen molar-refractivity contribution in [2.24, 2.45) is 0 Å². The molecule has 0 saturated heterocycles. The number of esters is 1. The Morgan fingerprint density at radius 1 is 0.885 bits per heavy atom. The number of likely N-dealkylation sites (N-methyl/N-ethyl adjacent to an activating group) is 1. The summed E-state index contributed by atoms with van der Waals surface area (Å²) in [5.41, 5.74) is 0.538. The van der Waals surface area contributed by atoms with Gasteiger partial charge in [0.15, 0.2) is 0 Å².